The summed E-state index contributed by atoms with van der Waals surface area (Å²) in [7, 11) is 0. The van der Waals surface area contributed by atoms with Gasteiger partial charge in [0, 0.05) is 17.3 Å². The topological polar surface area (TPSA) is 63.8 Å². The summed E-state index contributed by atoms with van der Waals surface area (Å²) >= 11 is 0. The second kappa shape index (κ2) is 5.04. The number of halogens is 4. The van der Waals surface area contributed by atoms with Gasteiger partial charge in [-0.2, -0.15) is 13.2 Å². The van der Waals surface area contributed by atoms with E-state index in [0.717, 1.165) is 12.1 Å². The van der Waals surface area contributed by atoms with Crippen LogP contribution in [-0.2, 0) is 6.18 Å². The van der Waals surface area contributed by atoms with E-state index in [1.54, 1.807) is 6.92 Å². The zero-order valence-electron chi connectivity index (χ0n) is 10.3. The van der Waals surface area contributed by atoms with Crippen molar-refractivity contribution in [2.24, 2.45) is 5.84 Å². The van der Waals surface area contributed by atoms with E-state index in [1.165, 1.54) is 6.07 Å². The van der Waals surface area contributed by atoms with Gasteiger partial charge in [0.15, 0.2) is 5.82 Å². The Kier molecular flexibility index (Phi) is 3.58. The number of hydrazine groups is 1. The maximum Gasteiger partial charge on any atom is 0.417 e. The first-order valence-electron chi connectivity index (χ1n) is 5.50. The van der Waals surface area contributed by atoms with E-state index < -0.39 is 23.1 Å². The molecular weight excluding hydrogens is 276 g/mol. The quantitative estimate of drug-likeness (QED) is 0.506. The van der Waals surface area contributed by atoms with Gasteiger partial charge >= 0.3 is 6.18 Å². The number of anilines is 1. The molecule has 1 aromatic carbocycles. The van der Waals surface area contributed by atoms with Gasteiger partial charge < -0.3 is 5.43 Å². The third-order valence-electron chi connectivity index (χ3n) is 2.53. The number of benzene rings is 1. The van der Waals surface area contributed by atoms with Crippen molar-refractivity contribution in [3.05, 3.63) is 41.3 Å². The lowest BCUT2D eigenvalue weighted by atomic mass is 10.1. The minimum Gasteiger partial charge on any atom is -0.308 e. The first kappa shape index (κ1) is 14.2. The van der Waals surface area contributed by atoms with Crippen molar-refractivity contribution < 1.29 is 17.6 Å². The lowest BCUT2D eigenvalue weighted by molar-refractivity contribution is -0.137. The molecule has 2 rings (SSSR count). The fraction of sp³-hybridized carbons (Fsp3) is 0.167. The normalized spacial score (nSPS) is 11.5. The molecule has 20 heavy (non-hydrogen) atoms. The monoisotopic (exact) mass is 286 g/mol. The summed E-state index contributed by atoms with van der Waals surface area (Å²) in [4.78, 5) is 7.72. The Morgan fingerprint density at radius 3 is 2.45 bits per heavy atom. The fourth-order valence-electron chi connectivity index (χ4n) is 1.71. The molecule has 0 unspecified atom stereocenters. The van der Waals surface area contributed by atoms with E-state index in [1.807, 2.05) is 0 Å². The van der Waals surface area contributed by atoms with Crippen LogP contribution in [0.5, 0.6) is 0 Å². The van der Waals surface area contributed by atoms with E-state index in [-0.39, 0.29) is 11.6 Å². The summed E-state index contributed by atoms with van der Waals surface area (Å²) in [5.74, 6) is 4.28. The number of nitrogens with zero attached hydrogens (tertiary/aromatic N) is 2. The highest BCUT2D eigenvalue weighted by Crippen LogP contribution is 2.36. The van der Waals surface area contributed by atoms with Crippen molar-refractivity contribution in [2.75, 3.05) is 5.43 Å². The van der Waals surface area contributed by atoms with Crippen LogP contribution < -0.4 is 11.3 Å². The van der Waals surface area contributed by atoms with Crippen LogP contribution in [0.3, 0.4) is 0 Å². The third kappa shape index (κ3) is 2.85. The van der Waals surface area contributed by atoms with E-state index in [4.69, 9.17) is 5.84 Å². The number of nitrogens with one attached hydrogen (secondary N) is 1. The maximum atomic E-state index is 13.2. The van der Waals surface area contributed by atoms with Crippen LogP contribution in [0.15, 0.2) is 24.3 Å². The molecule has 0 radical (unpaired) electrons. The number of aromatic nitrogens is 2. The van der Waals surface area contributed by atoms with Crippen molar-refractivity contribution in [2.45, 2.75) is 13.1 Å². The lowest BCUT2D eigenvalue weighted by Gasteiger charge is -2.13. The number of alkyl halides is 3. The number of aryl methyl sites for hydroxylation is 1. The molecular formula is C12H10F4N4. The van der Waals surface area contributed by atoms with Gasteiger partial charge in [-0.3, -0.25) is 0 Å². The zero-order valence-corrected chi connectivity index (χ0v) is 10.3. The second-order valence-electron chi connectivity index (χ2n) is 4.05. The third-order valence-corrected chi connectivity index (χ3v) is 2.53. The molecule has 0 saturated carbocycles. The van der Waals surface area contributed by atoms with Crippen LogP contribution in [0.25, 0.3) is 11.4 Å². The van der Waals surface area contributed by atoms with Gasteiger partial charge in [-0.25, -0.2) is 20.2 Å². The molecule has 4 nitrogen and oxygen atoms in total. The van der Waals surface area contributed by atoms with Gasteiger partial charge in [-0.15, -0.1) is 0 Å². The van der Waals surface area contributed by atoms with Crippen LogP contribution in [0.4, 0.5) is 23.4 Å². The predicted molar refractivity (Wildman–Crippen MR) is 65.0 cm³/mol. The molecule has 106 valence electrons. The summed E-state index contributed by atoms with van der Waals surface area (Å²) < 4.78 is 52.0. The van der Waals surface area contributed by atoms with Gasteiger partial charge in [0.05, 0.1) is 5.56 Å². The molecule has 0 aliphatic rings. The lowest BCUT2D eigenvalue weighted by Crippen LogP contribution is -2.12. The number of hydrogen-bond donors (Lipinski definition) is 2. The van der Waals surface area contributed by atoms with Crippen LogP contribution >= 0.6 is 0 Å². The molecule has 0 aliphatic carbocycles. The van der Waals surface area contributed by atoms with Gasteiger partial charge in [0.25, 0.3) is 0 Å². The molecule has 0 fully saturated rings. The van der Waals surface area contributed by atoms with E-state index in [0.29, 0.717) is 11.8 Å². The Labute approximate surface area is 111 Å². The van der Waals surface area contributed by atoms with Crippen molar-refractivity contribution in [1.82, 2.24) is 9.97 Å². The van der Waals surface area contributed by atoms with E-state index in [9.17, 15) is 17.6 Å². The Morgan fingerprint density at radius 1 is 1.15 bits per heavy atom. The van der Waals surface area contributed by atoms with Crippen molar-refractivity contribution in [3.8, 4) is 11.4 Å². The number of nitrogens with two attached hydrogens (primary N) is 1. The van der Waals surface area contributed by atoms with Gasteiger partial charge in [-0.1, -0.05) is 0 Å². The van der Waals surface area contributed by atoms with Gasteiger partial charge in [-0.05, 0) is 25.1 Å². The van der Waals surface area contributed by atoms with Gasteiger partial charge in [0.2, 0.25) is 0 Å². The molecule has 0 atom stereocenters. The molecule has 2 aromatic rings. The standard InChI is InChI=1S/C12H10F4N4/c1-6-4-10(20-17)19-11(18-6)8-5-7(13)2-3-9(8)12(14,15)16/h2-5H,17H2,1H3,(H,18,19,20). The average Bonchev–Trinajstić information content (AvgIpc) is 2.36. The number of rotatable bonds is 2. The molecule has 1 heterocycles. The SMILES string of the molecule is Cc1cc(NN)nc(-c2cc(F)ccc2C(F)(F)F)n1. The predicted octanol–water partition coefficient (Wildman–Crippen LogP) is 2.90. The Bertz CT molecular complexity index is 640. The van der Waals surface area contributed by atoms with E-state index in [2.05, 4.69) is 15.4 Å². The summed E-state index contributed by atoms with van der Waals surface area (Å²) in [5, 5.41) is 0. The highest BCUT2D eigenvalue weighted by Gasteiger charge is 2.34. The molecule has 0 spiro atoms. The van der Waals surface area contributed by atoms with Crippen molar-refractivity contribution >= 4 is 5.82 Å². The average molecular weight is 286 g/mol. The Morgan fingerprint density at radius 2 is 1.85 bits per heavy atom. The smallest absolute Gasteiger partial charge is 0.308 e. The molecule has 0 bridgehead atoms. The highest BCUT2D eigenvalue weighted by atomic mass is 19.4. The Hall–Kier alpha value is -2.22. The summed E-state index contributed by atoms with van der Waals surface area (Å²) in [6.45, 7) is 1.57. The number of nitrogen functional groups attached to an aromatic ring is 1. The summed E-state index contributed by atoms with van der Waals surface area (Å²) in [6, 6.07) is 3.60. The number of hydrogen-bond acceptors (Lipinski definition) is 4. The van der Waals surface area contributed by atoms with Crippen LogP contribution in [-0.4, -0.2) is 9.97 Å². The van der Waals surface area contributed by atoms with Crippen LogP contribution in [0.1, 0.15) is 11.3 Å². The van der Waals surface area contributed by atoms with Crippen molar-refractivity contribution in [3.63, 3.8) is 0 Å². The highest BCUT2D eigenvalue weighted by molar-refractivity contribution is 5.63. The summed E-state index contributed by atoms with van der Waals surface area (Å²) in [6.07, 6.45) is -4.63. The Balaban J connectivity index is 2.68. The zero-order chi connectivity index (χ0) is 14.9. The minimum absolute atomic E-state index is 0.143. The second-order valence-corrected chi connectivity index (χ2v) is 4.05. The largest absolute Gasteiger partial charge is 0.417 e. The summed E-state index contributed by atoms with van der Waals surface area (Å²) in [5.41, 5.74) is 1.19. The molecule has 3 N–H and O–H groups in total. The minimum atomic E-state index is -4.63. The van der Waals surface area contributed by atoms with E-state index >= 15 is 0 Å². The van der Waals surface area contributed by atoms with Crippen molar-refractivity contribution in [1.29, 1.82) is 0 Å². The first-order chi connectivity index (χ1) is 9.31. The molecule has 0 amide bonds. The maximum absolute atomic E-state index is 13.2. The first-order valence-corrected chi connectivity index (χ1v) is 5.50. The fourth-order valence-corrected chi connectivity index (χ4v) is 1.71. The molecule has 0 aliphatic heterocycles. The molecule has 0 saturated heterocycles. The molecule has 1 aromatic heterocycles. The van der Waals surface area contributed by atoms with Crippen LogP contribution in [0, 0.1) is 12.7 Å². The molecule has 8 heteroatoms. The van der Waals surface area contributed by atoms with Crippen LogP contribution in [0.2, 0.25) is 0 Å². The van der Waals surface area contributed by atoms with Gasteiger partial charge in [0.1, 0.15) is 11.6 Å².